The summed E-state index contributed by atoms with van der Waals surface area (Å²) in [5, 5.41) is 5.31. The van der Waals surface area contributed by atoms with Crippen molar-refractivity contribution in [3.63, 3.8) is 0 Å². The van der Waals surface area contributed by atoms with Crippen LogP contribution in [0.4, 0.5) is 4.79 Å². The van der Waals surface area contributed by atoms with E-state index < -0.39 is 6.16 Å². The molecule has 0 spiro atoms. The monoisotopic (exact) mass is 344 g/mol. The number of rotatable bonds is 0. The smallest absolute Gasteiger partial charge is 0.424 e. The number of ether oxygens (including phenoxy) is 3. The van der Waals surface area contributed by atoms with Crippen LogP contribution >= 0.6 is 0 Å². The molecule has 0 radical (unpaired) electrons. The Balaban J connectivity index is 1.56. The predicted octanol–water partition coefficient (Wildman–Crippen LogP) is 4.43. The first kappa shape index (κ1) is 13.6. The van der Waals surface area contributed by atoms with Gasteiger partial charge in [-0.05, 0) is 75.2 Å². The van der Waals surface area contributed by atoms with Gasteiger partial charge in [-0.25, -0.2) is 4.79 Å². The molecular weight excluding hydrogens is 328 g/mol. The highest BCUT2D eigenvalue weighted by Crippen LogP contribution is 2.57. The van der Waals surface area contributed by atoms with Gasteiger partial charge in [0, 0.05) is 0 Å². The van der Waals surface area contributed by atoms with Crippen LogP contribution in [-0.4, -0.2) is 18.4 Å². The largest absolute Gasteiger partial charge is 0.509 e. The summed E-state index contributed by atoms with van der Waals surface area (Å²) < 4.78 is 16.9. The molecule has 3 aliphatic heterocycles. The summed E-state index contributed by atoms with van der Waals surface area (Å²) in [5.41, 5.74) is 6.68. The van der Waals surface area contributed by atoms with Crippen molar-refractivity contribution < 1.29 is 19.0 Å². The summed E-state index contributed by atoms with van der Waals surface area (Å²) in [6, 6.07) is 11.2. The van der Waals surface area contributed by atoms with E-state index in [4.69, 9.17) is 14.2 Å². The number of carbonyl (C=O) groups is 1. The molecule has 4 nitrogen and oxygen atoms in total. The molecule has 3 aromatic carbocycles. The molecule has 4 aliphatic rings. The van der Waals surface area contributed by atoms with Crippen LogP contribution in [0.5, 0.6) is 0 Å². The maximum Gasteiger partial charge on any atom is 0.509 e. The van der Waals surface area contributed by atoms with Crippen molar-refractivity contribution in [1.82, 2.24) is 0 Å². The number of benzene rings is 3. The summed E-state index contributed by atoms with van der Waals surface area (Å²) in [6.45, 7) is 2.21. The third-order valence-corrected chi connectivity index (χ3v) is 6.72. The Morgan fingerprint density at radius 1 is 0.923 bits per heavy atom. The molecule has 2 fully saturated rings. The molecule has 7 rings (SSSR count). The summed E-state index contributed by atoms with van der Waals surface area (Å²) in [7, 11) is 0. The van der Waals surface area contributed by atoms with Gasteiger partial charge in [0.15, 0.2) is 12.2 Å². The van der Waals surface area contributed by atoms with Gasteiger partial charge in [0.25, 0.3) is 0 Å². The van der Waals surface area contributed by atoms with Gasteiger partial charge < -0.3 is 14.2 Å². The van der Waals surface area contributed by atoms with Crippen molar-refractivity contribution in [3.8, 4) is 0 Å². The van der Waals surface area contributed by atoms with Gasteiger partial charge in [0.2, 0.25) is 0 Å². The second-order valence-corrected chi connectivity index (χ2v) is 7.87. The standard InChI is InChI=1S/C22H16O4/c1-9-2-3-10-8-15-12(13-6-4-11(9)16(10)13)5-7-14-17(15)19-21-20(18(14)24-19)25-22(23)26-21/h2-3,5,7-8,18-21H,4,6H2,1H3/t18-,19+,20+,21-/m0/s1. The fraction of sp³-hybridized carbons (Fsp3) is 0.318. The Morgan fingerprint density at radius 3 is 2.62 bits per heavy atom. The predicted molar refractivity (Wildman–Crippen MR) is 95.3 cm³/mol. The second-order valence-electron chi connectivity index (χ2n) is 7.87. The maximum atomic E-state index is 11.6. The van der Waals surface area contributed by atoms with Gasteiger partial charge in [0.1, 0.15) is 12.2 Å². The Kier molecular flexibility index (Phi) is 2.20. The lowest BCUT2D eigenvalue weighted by Gasteiger charge is -2.22. The Hall–Kier alpha value is -2.59. The van der Waals surface area contributed by atoms with Crippen LogP contribution in [0, 0.1) is 6.92 Å². The van der Waals surface area contributed by atoms with E-state index in [2.05, 4.69) is 37.3 Å². The average molecular weight is 344 g/mol. The minimum absolute atomic E-state index is 0.200. The highest BCUT2D eigenvalue weighted by Gasteiger charge is 2.60. The van der Waals surface area contributed by atoms with Crippen LogP contribution in [0.15, 0.2) is 30.3 Å². The number of aryl methyl sites for hydroxylation is 3. The number of hydrogen-bond donors (Lipinski definition) is 0. The zero-order valence-corrected chi connectivity index (χ0v) is 14.2. The molecule has 0 unspecified atom stereocenters. The topological polar surface area (TPSA) is 44.8 Å². The van der Waals surface area contributed by atoms with Crippen LogP contribution in [-0.2, 0) is 27.1 Å². The Labute approximate surface area is 149 Å². The first-order valence-electron chi connectivity index (χ1n) is 9.24. The molecule has 0 aromatic heterocycles. The van der Waals surface area contributed by atoms with Gasteiger partial charge in [-0.2, -0.15) is 0 Å². The molecule has 2 bridgehead atoms. The van der Waals surface area contributed by atoms with Crippen LogP contribution in [0.3, 0.4) is 0 Å². The molecule has 4 atom stereocenters. The Bertz CT molecular complexity index is 1180. The third-order valence-electron chi connectivity index (χ3n) is 6.72. The van der Waals surface area contributed by atoms with Crippen molar-refractivity contribution in [2.24, 2.45) is 0 Å². The number of hydrogen-bond acceptors (Lipinski definition) is 4. The maximum absolute atomic E-state index is 11.6. The van der Waals surface area contributed by atoms with E-state index >= 15 is 0 Å². The SMILES string of the molecule is Cc1ccc2cc3c4c(ccc3c3c2c1CC3)[C@@H]1O[C@H]4[C@@H]2OC(=O)O[C@@H]21. The molecule has 128 valence electrons. The molecule has 0 amide bonds. The van der Waals surface area contributed by atoms with E-state index in [1.165, 1.54) is 43.8 Å². The molecule has 4 heteroatoms. The summed E-state index contributed by atoms with van der Waals surface area (Å²) in [5.74, 6) is 0. The van der Waals surface area contributed by atoms with Crippen LogP contribution < -0.4 is 0 Å². The lowest BCUT2D eigenvalue weighted by Crippen LogP contribution is -2.28. The van der Waals surface area contributed by atoms with Gasteiger partial charge in [0.05, 0.1) is 0 Å². The lowest BCUT2D eigenvalue weighted by atomic mass is 9.83. The van der Waals surface area contributed by atoms with Crippen LogP contribution in [0.1, 0.15) is 40.0 Å². The average Bonchev–Trinajstić information content (AvgIpc) is 3.37. The van der Waals surface area contributed by atoms with E-state index in [0.29, 0.717) is 0 Å². The van der Waals surface area contributed by atoms with E-state index in [1.807, 2.05) is 0 Å². The molecule has 0 N–H and O–H groups in total. The normalized spacial score (nSPS) is 30.0. The summed E-state index contributed by atoms with van der Waals surface area (Å²) >= 11 is 0. The van der Waals surface area contributed by atoms with E-state index in [0.717, 1.165) is 18.4 Å². The Morgan fingerprint density at radius 2 is 1.73 bits per heavy atom. The van der Waals surface area contributed by atoms with Gasteiger partial charge >= 0.3 is 6.16 Å². The molecule has 3 aromatic rings. The number of carbonyl (C=O) groups excluding carboxylic acids is 1. The van der Waals surface area contributed by atoms with Crippen molar-refractivity contribution in [2.75, 3.05) is 0 Å². The highest BCUT2D eigenvalue weighted by atomic mass is 16.8. The van der Waals surface area contributed by atoms with E-state index in [1.54, 1.807) is 0 Å². The molecule has 0 saturated carbocycles. The first-order valence-corrected chi connectivity index (χ1v) is 9.24. The third kappa shape index (κ3) is 1.38. The second kappa shape index (κ2) is 4.21. The first-order chi connectivity index (χ1) is 12.7. The summed E-state index contributed by atoms with van der Waals surface area (Å²) in [4.78, 5) is 11.6. The fourth-order valence-corrected chi connectivity index (χ4v) is 5.65. The highest BCUT2D eigenvalue weighted by molar-refractivity contribution is 6.07. The molecule has 26 heavy (non-hydrogen) atoms. The van der Waals surface area contributed by atoms with Crippen molar-refractivity contribution in [1.29, 1.82) is 0 Å². The molecule has 2 saturated heterocycles. The quantitative estimate of drug-likeness (QED) is 0.447. The van der Waals surface area contributed by atoms with Crippen LogP contribution in [0.2, 0.25) is 0 Å². The van der Waals surface area contributed by atoms with Crippen molar-refractivity contribution in [2.45, 2.75) is 44.2 Å². The van der Waals surface area contributed by atoms with E-state index in [9.17, 15) is 4.79 Å². The molecular formula is C22H16O4. The van der Waals surface area contributed by atoms with Gasteiger partial charge in [-0.15, -0.1) is 0 Å². The van der Waals surface area contributed by atoms with Crippen molar-refractivity contribution in [3.05, 3.63) is 58.1 Å². The minimum Gasteiger partial charge on any atom is -0.424 e. The van der Waals surface area contributed by atoms with Crippen LogP contribution in [0.25, 0.3) is 21.5 Å². The van der Waals surface area contributed by atoms with Gasteiger partial charge in [-0.1, -0.05) is 24.3 Å². The molecule has 3 heterocycles. The zero-order chi connectivity index (χ0) is 17.2. The fourth-order valence-electron chi connectivity index (χ4n) is 5.65. The lowest BCUT2D eigenvalue weighted by molar-refractivity contribution is -0.00555. The van der Waals surface area contributed by atoms with Gasteiger partial charge in [-0.3, -0.25) is 0 Å². The minimum atomic E-state index is -0.570. The van der Waals surface area contributed by atoms with E-state index in [-0.39, 0.29) is 24.4 Å². The number of fused-ring (bicyclic) bond motifs is 11. The molecule has 1 aliphatic carbocycles. The zero-order valence-electron chi connectivity index (χ0n) is 14.2. The van der Waals surface area contributed by atoms with Crippen molar-refractivity contribution >= 4 is 27.7 Å². The summed E-state index contributed by atoms with van der Waals surface area (Å²) in [6.07, 6.45) is 0.601.